The second-order valence-electron chi connectivity index (χ2n) is 8.26. The smallest absolute Gasteiger partial charge is 0.251 e. The molecule has 8 heteroatoms. The van der Waals surface area contributed by atoms with E-state index in [9.17, 15) is 9.59 Å². The minimum atomic E-state index is -0.670. The lowest BCUT2D eigenvalue weighted by molar-refractivity contribution is -0.123. The molecule has 1 unspecified atom stereocenters. The van der Waals surface area contributed by atoms with Gasteiger partial charge in [0.1, 0.15) is 12.6 Å². The van der Waals surface area contributed by atoms with Gasteiger partial charge in [-0.25, -0.2) is 0 Å². The Morgan fingerprint density at radius 2 is 1.56 bits per heavy atom. The standard InChI is InChI=1S/C24H30N6O2/c1-18(2)17-22(24(32)27-12-9-25)28-23(31)19-3-5-20(6-4-19)29-13-15-30(16-14-29)21-7-10-26-11-8-21/h3-8,10-11,18,22H,12-17H2,1-2H3,(H,27,32)(H,28,31). The number of carbonyl (C=O) groups excluding carboxylic acids is 2. The number of hydrogen-bond donors (Lipinski definition) is 2. The van der Waals surface area contributed by atoms with E-state index in [-0.39, 0.29) is 24.3 Å². The highest BCUT2D eigenvalue weighted by Crippen LogP contribution is 2.20. The molecular weight excluding hydrogens is 404 g/mol. The van der Waals surface area contributed by atoms with Gasteiger partial charge in [0.05, 0.1) is 6.07 Å². The van der Waals surface area contributed by atoms with Gasteiger partial charge < -0.3 is 20.4 Å². The number of anilines is 2. The lowest BCUT2D eigenvalue weighted by Gasteiger charge is -2.37. The molecule has 8 nitrogen and oxygen atoms in total. The van der Waals surface area contributed by atoms with E-state index in [1.165, 1.54) is 5.69 Å². The number of amides is 2. The predicted octanol–water partition coefficient (Wildman–Crippen LogP) is 2.19. The zero-order valence-corrected chi connectivity index (χ0v) is 18.6. The van der Waals surface area contributed by atoms with Crippen molar-refractivity contribution >= 4 is 23.2 Å². The van der Waals surface area contributed by atoms with E-state index in [0.717, 1.165) is 31.9 Å². The Morgan fingerprint density at radius 1 is 1.00 bits per heavy atom. The van der Waals surface area contributed by atoms with Crippen molar-refractivity contribution in [1.82, 2.24) is 15.6 Å². The molecule has 0 saturated carbocycles. The van der Waals surface area contributed by atoms with Crippen LogP contribution in [-0.2, 0) is 4.79 Å². The molecule has 0 bridgehead atoms. The first-order valence-electron chi connectivity index (χ1n) is 10.9. The molecule has 1 atom stereocenters. The minimum Gasteiger partial charge on any atom is -0.368 e. The summed E-state index contributed by atoms with van der Waals surface area (Å²) in [6.07, 6.45) is 4.12. The first-order valence-corrected chi connectivity index (χ1v) is 10.9. The first-order chi connectivity index (χ1) is 15.5. The summed E-state index contributed by atoms with van der Waals surface area (Å²) in [5.41, 5.74) is 2.76. The number of hydrogen-bond acceptors (Lipinski definition) is 6. The molecule has 1 aromatic carbocycles. The van der Waals surface area contributed by atoms with Gasteiger partial charge in [0.25, 0.3) is 5.91 Å². The maximum absolute atomic E-state index is 12.7. The summed E-state index contributed by atoms with van der Waals surface area (Å²) in [5.74, 6) is -0.407. The van der Waals surface area contributed by atoms with E-state index in [2.05, 4.69) is 25.4 Å². The van der Waals surface area contributed by atoms with E-state index in [4.69, 9.17) is 5.26 Å². The fourth-order valence-electron chi connectivity index (χ4n) is 3.80. The van der Waals surface area contributed by atoms with Crippen LogP contribution >= 0.6 is 0 Å². The van der Waals surface area contributed by atoms with Crippen LogP contribution in [0.2, 0.25) is 0 Å². The Labute approximate surface area is 189 Å². The third-order valence-electron chi connectivity index (χ3n) is 5.47. The fraction of sp³-hybridized carbons (Fsp3) is 0.417. The van der Waals surface area contributed by atoms with Crippen molar-refractivity contribution in [3.05, 3.63) is 54.4 Å². The van der Waals surface area contributed by atoms with E-state index in [1.54, 1.807) is 12.1 Å². The number of carbonyl (C=O) groups is 2. The van der Waals surface area contributed by atoms with Crippen LogP contribution in [0.25, 0.3) is 0 Å². The summed E-state index contributed by atoms with van der Waals surface area (Å²) in [7, 11) is 0. The Bertz CT molecular complexity index is 931. The summed E-state index contributed by atoms with van der Waals surface area (Å²) < 4.78 is 0. The van der Waals surface area contributed by atoms with E-state index >= 15 is 0 Å². The lowest BCUT2D eigenvalue weighted by atomic mass is 10.0. The Balaban J connectivity index is 1.58. The second kappa shape index (κ2) is 11.1. The normalized spacial score (nSPS) is 14.6. The average Bonchev–Trinajstić information content (AvgIpc) is 2.82. The van der Waals surface area contributed by atoms with Crippen LogP contribution in [0, 0.1) is 17.2 Å². The van der Waals surface area contributed by atoms with Gasteiger partial charge in [0.15, 0.2) is 0 Å². The molecule has 1 fully saturated rings. The van der Waals surface area contributed by atoms with Crippen molar-refractivity contribution in [1.29, 1.82) is 5.26 Å². The van der Waals surface area contributed by atoms with Gasteiger partial charge in [0, 0.05) is 55.5 Å². The summed E-state index contributed by atoms with van der Waals surface area (Å²) >= 11 is 0. The number of aromatic nitrogens is 1. The van der Waals surface area contributed by atoms with Crippen molar-refractivity contribution in [2.24, 2.45) is 5.92 Å². The zero-order valence-electron chi connectivity index (χ0n) is 18.6. The predicted molar refractivity (Wildman–Crippen MR) is 124 cm³/mol. The number of piperazine rings is 1. The number of nitrogens with zero attached hydrogens (tertiary/aromatic N) is 4. The Morgan fingerprint density at radius 3 is 2.09 bits per heavy atom. The molecule has 1 saturated heterocycles. The molecular formula is C24H30N6O2. The lowest BCUT2D eigenvalue weighted by Crippen LogP contribution is -2.47. The molecule has 2 aromatic rings. The molecule has 1 aromatic heterocycles. The molecule has 0 spiro atoms. The average molecular weight is 435 g/mol. The molecule has 168 valence electrons. The van der Waals surface area contributed by atoms with Crippen molar-refractivity contribution in [2.45, 2.75) is 26.3 Å². The third kappa shape index (κ3) is 6.20. The highest BCUT2D eigenvalue weighted by atomic mass is 16.2. The Hall–Kier alpha value is -3.60. The van der Waals surface area contributed by atoms with Gasteiger partial charge in [-0.3, -0.25) is 14.6 Å². The monoisotopic (exact) mass is 434 g/mol. The van der Waals surface area contributed by atoms with Crippen LogP contribution in [0.1, 0.15) is 30.6 Å². The molecule has 2 heterocycles. The summed E-state index contributed by atoms with van der Waals surface area (Å²) in [6, 6.07) is 12.7. The number of pyridine rings is 1. The van der Waals surface area contributed by atoms with Crippen molar-refractivity contribution < 1.29 is 9.59 Å². The van der Waals surface area contributed by atoms with Gasteiger partial charge >= 0.3 is 0 Å². The topological polar surface area (TPSA) is 101 Å². The SMILES string of the molecule is CC(C)CC(NC(=O)c1ccc(N2CCN(c3ccncc3)CC2)cc1)C(=O)NCC#N. The van der Waals surface area contributed by atoms with Crippen LogP contribution in [-0.4, -0.2) is 55.6 Å². The van der Waals surface area contributed by atoms with Crippen LogP contribution in [0.5, 0.6) is 0 Å². The molecule has 32 heavy (non-hydrogen) atoms. The zero-order chi connectivity index (χ0) is 22.9. The van der Waals surface area contributed by atoms with E-state index in [1.807, 2.05) is 56.6 Å². The van der Waals surface area contributed by atoms with Gasteiger partial charge in [-0.2, -0.15) is 5.26 Å². The summed E-state index contributed by atoms with van der Waals surface area (Å²) in [5, 5.41) is 14.0. The Kier molecular flexibility index (Phi) is 8.03. The molecule has 3 rings (SSSR count). The fourth-order valence-corrected chi connectivity index (χ4v) is 3.80. The number of benzene rings is 1. The van der Waals surface area contributed by atoms with Crippen molar-refractivity contribution in [3.63, 3.8) is 0 Å². The molecule has 0 radical (unpaired) electrons. The quantitative estimate of drug-likeness (QED) is 0.618. The van der Waals surface area contributed by atoms with E-state index in [0.29, 0.717) is 12.0 Å². The van der Waals surface area contributed by atoms with Gasteiger partial charge in [0.2, 0.25) is 5.91 Å². The highest BCUT2D eigenvalue weighted by molar-refractivity contribution is 5.97. The van der Waals surface area contributed by atoms with Crippen LogP contribution in [0.4, 0.5) is 11.4 Å². The van der Waals surface area contributed by atoms with Crippen molar-refractivity contribution in [3.8, 4) is 6.07 Å². The maximum atomic E-state index is 12.7. The third-order valence-corrected chi connectivity index (χ3v) is 5.47. The van der Waals surface area contributed by atoms with Gasteiger partial charge in [-0.05, 0) is 48.7 Å². The number of rotatable bonds is 8. The largest absolute Gasteiger partial charge is 0.368 e. The van der Waals surface area contributed by atoms with E-state index < -0.39 is 6.04 Å². The first kappa shape index (κ1) is 23.1. The van der Waals surface area contributed by atoms with Crippen molar-refractivity contribution in [2.75, 3.05) is 42.5 Å². The van der Waals surface area contributed by atoms with Crippen LogP contribution in [0.15, 0.2) is 48.8 Å². The minimum absolute atomic E-state index is 0.0770. The van der Waals surface area contributed by atoms with Crippen LogP contribution < -0.4 is 20.4 Å². The molecule has 1 aliphatic heterocycles. The number of nitriles is 1. The summed E-state index contributed by atoms with van der Waals surface area (Å²) in [4.78, 5) is 33.7. The molecule has 2 N–H and O–H groups in total. The highest BCUT2D eigenvalue weighted by Gasteiger charge is 2.23. The van der Waals surface area contributed by atoms with Gasteiger partial charge in [-0.1, -0.05) is 13.8 Å². The number of nitrogens with one attached hydrogen (secondary N) is 2. The maximum Gasteiger partial charge on any atom is 0.251 e. The molecule has 0 aliphatic carbocycles. The molecule has 1 aliphatic rings. The summed E-state index contributed by atoms with van der Waals surface area (Å²) in [6.45, 7) is 7.51. The second-order valence-corrected chi connectivity index (χ2v) is 8.26. The van der Waals surface area contributed by atoms with Crippen LogP contribution in [0.3, 0.4) is 0 Å². The molecule has 2 amide bonds. The van der Waals surface area contributed by atoms with Gasteiger partial charge in [-0.15, -0.1) is 0 Å².